The van der Waals surface area contributed by atoms with Gasteiger partial charge < -0.3 is 14.7 Å². The fraction of sp³-hybridized carbons (Fsp3) is 0.333. The summed E-state index contributed by atoms with van der Waals surface area (Å²) in [6.45, 7) is 1.24. The lowest BCUT2D eigenvalue weighted by molar-refractivity contribution is -0.0185. The lowest BCUT2D eigenvalue weighted by Crippen LogP contribution is -2.50. The standard InChI is InChI=1S/C15H16N2O3/c18-9-12-10-20-8-7-17(12)15(19)14-13-4-2-1-3-11(13)5-6-16-14/h1-6,12,18H,7-10H2. The molecule has 0 bridgehead atoms. The highest BCUT2D eigenvalue weighted by atomic mass is 16.5. The molecule has 3 rings (SSSR count). The van der Waals surface area contributed by atoms with Crippen LogP contribution in [0, 0.1) is 0 Å². The summed E-state index contributed by atoms with van der Waals surface area (Å²) >= 11 is 0. The number of aromatic nitrogens is 1. The lowest BCUT2D eigenvalue weighted by atomic mass is 10.1. The van der Waals surface area contributed by atoms with Gasteiger partial charge in [-0.25, -0.2) is 0 Å². The smallest absolute Gasteiger partial charge is 0.273 e. The lowest BCUT2D eigenvalue weighted by Gasteiger charge is -2.34. The molecule has 1 fully saturated rings. The van der Waals surface area contributed by atoms with Crippen LogP contribution in [0.2, 0.25) is 0 Å². The van der Waals surface area contributed by atoms with Crippen molar-refractivity contribution in [2.75, 3.05) is 26.4 Å². The van der Waals surface area contributed by atoms with Crippen LogP contribution >= 0.6 is 0 Å². The maximum atomic E-state index is 12.7. The van der Waals surface area contributed by atoms with Gasteiger partial charge in [-0.15, -0.1) is 0 Å². The Morgan fingerprint density at radius 1 is 1.40 bits per heavy atom. The second kappa shape index (κ2) is 5.56. The van der Waals surface area contributed by atoms with Crippen LogP contribution in [0.5, 0.6) is 0 Å². The van der Waals surface area contributed by atoms with Crippen molar-refractivity contribution in [2.24, 2.45) is 0 Å². The van der Waals surface area contributed by atoms with Crippen LogP contribution in [-0.2, 0) is 4.74 Å². The van der Waals surface area contributed by atoms with Gasteiger partial charge in [-0.05, 0) is 11.5 Å². The van der Waals surface area contributed by atoms with Crippen molar-refractivity contribution in [3.05, 3.63) is 42.2 Å². The zero-order chi connectivity index (χ0) is 13.9. The SMILES string of the molecule is O=C(c1nccc2ccccc12)N1CCOCC1CO. The predicted octanol–water partition coefficient (Wildman–Crippen LogP) is 1.07. The van der Waals surface area contributed by atoms with E-state index in [0.29, 0.717) is 25.5 Å². The number of benzene rings is 1. The first kappa shape index (κ1) is 13.0. The number of pyridine rings is 1. The Labute approximate surface area is 116 Å². The topological polar surface area (TPSA) is 62.7 Å². The molecule has 5 heteroatoms. The molecule has 0 radical (unpaired) electrons. The van der Waals surface area contributed by atoms with E-state index in [1.807, 2.05) is 30.3 Å². The normalized spacial score (nSPS) is 19.2. The Kier molecular flexibility index (Phi) is 3.62. The Bertz CT molecular complexity index is 624. The number of ether oxygens (including phenoxy) is 1. The number of rotatable bonds is 2. The van der Waals surface area contributed by atoms with Crippen molar-refractivity contribution in [3.8, 4) is 0 Å². The number of morpholine rings is 1. The van der Waals surface area contributed by atoms with E-state index >= 15 is 0 Å². The third-order valence-electron chi connectivity index (χ3n) is 3.58. The molecule has 104 valence electrons. The molecule has 5 nitrogen and oxygen atoms in total. The van der Waals surface area contributed by atoms with E-state index in [0.717, 1.165) is 10.8 Å². The molecule has 1 aliphatic heterocycles. The van der Waals surface area contributed by atoms with Crippen molar-refractivity contribution in [1.82, 2.24) is 9.88 Å². The van der Waals surface area contributed by atoms with Gasteiger partial charge in [0.25, 0.3) is 5.91 Å². The van der Waals surface area contributed by atoms with Crippen molar-refractivity contribution < 1.29 is 14.6 Å². The molecule has 0 saturated carbocycles. The molecule has 20 heavy (non-hydrogen) atoms. The zero-order valence-corrected chi connectivity index (χ0v) is 11.0. The Hall–Kier alpha value is -1.98. The first-order valence-electron chi connectivity index (χ1n) is 6.64. The number of carbonyl (C=O) groups excluding carboxylic acids is 1. The second-order valence-corrected chi connectivity index (χ2v) is 4.79. The van der Waals surface area contributed by atoms with Gasteiger partial charge in [-0.1, -0.05) is 24.3 Å². The van der Waals surface area contributed by atoms with Gasteiger partial charge in [0.2, 0.25) is 0 Å². The molecule has 0 spiro atoms. The van der Waals surface area contributed by atoms with Gasteiger partial charge >= 0.3 is 0 Å². The molecule has 1 aromatic carbocycles. The summed E-state index contributed by atoms with van der Waals surface area (Å²) in [5.74, 6) is -0.149. The van der Waals surface area contributed by atoms with Gasteiger partial charge in [-0.2, -0.15) is 0 Å². The van der Waals surface area contributed by atoms with E-state index in [-0.39, 0.29) is 18.6 Å². The van der Waals surface area contributed by atoms with E-state index in [4.69, 9.17) is 4.74 Å². The minimum absolute atomic E-state index is 0.101. The first-order chi connectivity index (χ1) is 9.81. The van der Waals surface area contributed by atoms with E-state index in [1.165, 1.54) is 0 Å². The zero-order valence-electron chi connectivity index (χ0n) is 11.0. The number of fused-ring (bicyclic) bond motifs is 1. The first-order valence-corrected chi connectivity index (χ1v) is 6.64. The summed E-state index contributed by atoms with van der Waals surface area (Å²) in [6, 6.07) is 9.26. The summed E-state index contributed by atoms with van der Waals surface area (Å²) in [4.78, 5) is 18.6. The average Bonchev–Trinajstić information content (AvgIpc) is 2.53. The van der Waals surface area contributed by atoms with Crippen LogP contribution in [0.3, 0.4) is 0 Å². The quantitative estimate of drug-likeness (QED) is 0.888. The molecule has 2 heterocycles. The number of hydrogen-bond donors (Lipinski definition) is 1. The average molecular weight is 272 g/mol. The largest absolute Gasteiger partial charge is 0.394 e. The third kappa shape index (κ3) is 2.26. The van der Waals surface area contributed by atoms with E-state index in [2.05, 4.69) is 4.98 Å². The van der Waals surface area contributed by atoms with Gasteiger partial charge in [0, 0.05) is 18.1 Å². The third-order valence-corrected chi connectivity index (χ3v) is 3.58. The van der Waals surface area contributed by atoms with Gasteiger partial charge in [0.15, 0.2) is 0 Å². The summed E-state index contributed by atoms with van der Waals surface area (Å²) in [7, 11) is 0. The van der Waals surface area contributed by atoms with E-state index in [1.54, 1.807) is 11.1 Å². The maximum Gasteiger partial charge on any atom is 0.273 e. The van der Waals surface area contributed by atoms with Crippen LogP contribution in [0.25, 0.3) is 10.8 Å². The van der Waals surface area contributed by atoms with Crippen molar-refractivity contribution in [3.63, 3.8) is 0 Å². The molecule has 1 amide bonds. The molecular weight excluding hydrogens is 256 g/mol. The van der Waals surface area contributed by atoms with Gasteiger partial charge in [-0.3, -0.25) is 9.78 Å². The van der Waals surface area contributed by atoms with Crippen LogP contribution in [-0.4, -0.2) is 53.3 Å². The predicted molar refractivity (Wildman–Crippen MR) is 74.5 cm³/mol. The van der Waals surface area contributed by atoms with E-state index < -0.39 is 0 Å². The molecule has 1 unspecified atom stereocenters. The number of nitrogens with zero attached hydrogens (tertiary/aromatic N) is 2. The number of aliphatic hydroxyl groups excluding tert-OH is 1. The Morgan fingerprint density at radius 3 is 3.10 bits per heavy atom. The van der Waals surface area contributed by atoms with Gasteiger partial charge in [0.05, 0.1) is 25.9 Å². The summed E-state index contributed by atoms with van der Waals surface area (Å²) in [5.41, 5.74) is 0.434. The molecule has 1 aromatic heterocycles. The molecule has 0 aliphatic carbocycles. The molecule has 1 aliphatic rings. The number of amides is 1. The van der Waals surface area contributed by atoms with Gasteiger partial charge in [0.1, 0.15) is 5.69 Å². The summed E-state index contributed by atoms with van der Waals surface area (Å²) in [6.07, 6.45) is 1.64. The van der Waals surface area contributed by atoms with E-state index in [9.17, 15) is 9.90 Å². The van der Waals surface area contributed by atoms with Crippen LogP contribution < -0.4 is 0 Å². The number of carbonyl (C=O) groups is 1. The molecule has 1 N–H and O–H groups in total. The minimum atomic E-state index is -0.294. The molecule has 1 atom stereocenters. The highest BCUT2D eigenvalue weighted by Crippen LogP contribution is 2.19. The second-order valence-electron chi connectivity index (χ2n) is 4.79. The monoisotopic (exact) mass is 272 g/mol. The Morgan fingerprint density at radius 2 is 2.25 bits per heavy atom. The maximum absolute atomic E-state index is 12.7. The van der Waals surface area contributed by atoms with Crippen LogP contribution in [0.1, 0.15) is 10.5 Å². The minimum Gasteiger partial charge on any atom is -0.394 e. The highest BCUT2D eigenvalue weighted by Gasteiger charge is 2.29. The molecule has 2 aromatic rings. The summed E-state index contributed by atoms with van der Waals surface area (Å²) < 4.78 is 5.30. The highest BCUT2D eigenvalue weighted by molar-refractivity contribution is 6.05. The van der Waals surface area contributed by atoms with Crippen molar-refractivity contribution >= 4 is 16.7 Å². The fourth-order valence-corrected chi connectivity index (χ4v) is 2.50. The van der Waals surface area contributed by atoms with Crippen molar-refractivity contribution in [1.29, 1.82) is 0 Å². The van der Waals surface area contributed by atoms with Crippen LogP contribution in [0.4, 0.5) is 0 Å². The fourth-order valence-electron chi connectivity index (χ4n) is 2.50. The summed E-state index contributed by atoms with van der Waals surface area (Å²) in [5, 5.41) is 11.2. The number of hydrogen-bond acceptors (Lipinski definition) is 4. The number of aliphatic hydroxyl groups is 1. The van der Waals surface area contributed by atoms with Crippen LogP contribution in [0.15, 0.2) is 36.5 Å². The van der Waals surface area contributed by atoms with Crippen molar-refractivity contribution in [2.45, 2.75) is 6.04 Å². The molecular formula is C15H16N2O3. The Balaban J connectivity index is 1.99. The molecule has 1 saturated heterocycles.